The van der Waals surface area contributed by atoms with Gasteiger partial charge in [-0.25, -0.2) is 4.79 Å². The molecule has 0 radical (unpaired) electrons. The summed E-state index contributed by atoms with van der Waals surface area (Å²) < 4.78 is 17.2. The fraction of sp³-hybridized carbons (Fsp3) is 0.808. The van der Waals surface area contributed by atoms with Crippen LogP contribution in [0.2, 0.25) is 0 Å². The van der Waals surface area contributed by atoms with Gasteiger partial charge in [-0.1, -0.05) is 25.8 Å². The lowest BCUT2D eigenvalue weighted by molar-refractivity contribution is -0.308. The molecule has 2 aliphatic heterocycles. The summed E-state index contributed by atoms with van der Waals surface area (Å²) >= 11 is 0. The van der Waals surface area contributed by atoms with Crippen molar-refractivity contribution in [1.82, 2.24) is 0 Å². The van der Waals surface area contributed by atoms with Crippen molar-refractivity contribution in [2.24, 2.45) is 16.7 Å². The monoisotopic (exact) mass is 494 g/mol. The Kier molecular flexibility index (Phi) is 6.44. The van der Waals surface area contributed by atoms with Crippen LogP contribution < -0.4 is 0 Å². The quantitative estimate of drug-likeness (QED) is 0.282. The van der Waals surface area contributed by atoms with E-state index < -0.39 is 49.5 Å². The molecular weight excluding hydrogens is 456 g/mol. The van der Waals surface area contributed by atoms with Crippen molar-refractivity contribution < 1.29 is 44.5 Å². The van der Waals surface area contributed by atoms with Gasteiger partial charge in [-0.2, -0.15) is 0 Å². The SMILES string of the molecule is CC1=C2[C@H](O)C3=C(C[C@H]2OC1=O)[C@]1(C)CCC[C@@](C)(CO[C@@H]2O[C@H](CO)[C@@H](O)[C@H](O)[C@H]2O)[C@H]1CC3. The van der Waals surface area contributed by atoms with E-state index in [-0.39, 0.29) is 29.3 Å². The summed E-state index contributed by atoms with van der Waals surface area (Å²) in [4.78, 5) is 12.2. The van der Waals surface area contributed by atoms with Crippen LogP contribution in [0.15, 0.2) is 22.3 Å². The minimum Gasteiger partial charge on any atom is -0.454 e. The van der Waals surface area contributed by atoms with Crippen LogP contribution in [-0.2, 0) is 19.0 Å². The van der Waals surface area contributed by atoms with E-state index >= 15 is 0 Å². The number of aliphatic hydroxyl groups is 5. The molecule has 5 N–H and O–H groups in total. The second-order valence-electron chi connectivity index (χ2n) is 11.6. The van der Waals surface area contributed by atoms with Gasteiger partial charge in [-0.15, -0.1) is 0 Å². The van der Waals surface area contributed by atoms with E-state index in [2.05, 4.69) is 13.8 Å². The van der Waals surface area contributed by atoms with Crippen LogP contribution in [0, 0.1) is 16.7 Å². The van der Waals surface area contributed by atoms with E-state index in [0.29, 0.717) is 12.0 Å². The molecule has 196 valence electrons. The van der Waals surface area contributed by atoms with Crippen LogP contribution in [0.25, 0.3) is 0 Å². The van der Waals surface area contributed by atoms with Gasteiger partial charge in [0, 0.05) is 17.6 Å². The first-order valence-corrected chi connectivity index (χ1v) is 12.8. The maximum Gasteiger partial charge on any atom is 0.334 e. The van der Waals surface area contributed by atoms with Gasteiger partial charge in [0.05, 0.1) is 13.2 Å². The van der Waals surface area contributed by atoms with Crippen LogP contribution in [0.1, 0.15) is 59.3 Å². The van der Waals surface area contributed by atoms with E-state index in [1.54, 1.807) is 6.92 Å². The number of aliphatic hydroxyl groups excluding tert-OH is 5. The number of ether oxygens (including phenoxy) is 3. The molecule has 2 heterocycles. The Morgan fingerprint density at radius 1 is 1.09 bits per heavy atom. The highest BCUT2D eigenvalue weighted by atomic mass is 16.7. The Morgan fingerprint density at radius 2 is 1.83 bits per heavy atom. The summed E-state index contributed by atoms with van der Waals surface area (Å²) in [6, 6.07) is 0. The molecule has 1 saturated heterocycles. The van der Waals surface area contributed by atoms with E-state index in [4.69, 9.17) is 14.2 Å². The van der Waals surface area contributed by atoms with Gasteiger partial charge in [0.2, 0.25) is 0 Å². The maximum absolute atomic E-state index is 12.2. The number of carbonyl (C=O) groups excluding carboxylic acids is 1. The summed E-state index contributed by atoms with van der Waals surface area (Å²) in [7, 11) is 0. The Balaban J connectivity index is 1.37. The third-order valence-electron chi connectivity index (χ3n) is 9.61. The molecule has 5 rings (SSSR count). The van der Waals surface area contributed by atoms with Gasteiger partial charge in [-0.05, 0) is 54.9 Å². The van der Waals surface area contributed by atoms with Gasteiger partial charge < -0.3 is 39.7 Å². The number of esters is 1. The van der Waals surface area contributed by atoms with Gasteiger partial charge in [-0.3, -0.25) is 0 Å². The highest BCUT2D eigenvalue weighted by Crippen LogP contribution is 2.62. The molecule has 5 aliphatic rings. The second-order valence-corrected chi connectivity index (χ2v) is 11.6. The molecule has 0 bridgehead atoms. The summed E-state index contributed by atoms with van der Waals surface area (Å²) in [5.74, 6) is -0.102. The van der Waals surface area contributed by atoms with Crippen LogP contribution >= 0.6 is 0 Å². The molecular formula is C26H38O9. The smallest absolute Gasteiger partial charge is 0.334 e. The fourth-order valence-electron chi connectivity index (χ4n) is 7.69. The summed E-state index contributed by atoms with van der Waals surface area (Å²) in [6.45, 7) is 5.94. The Labute approximate surface area is 205 Å². The number of carbonyl (C=O) groups is 1. The molecule has 0 amide bonds. The van der Waals surface area contributed by atoms with Crippen LogP contribution in [-0.4, -0.2) is 87.6 Å². The predicted molar refractivity (Wildman–Crippen MR) is 123 cm³/mol. The van der Waals surface area contributed by atoms with Crippen LogP contribution in [0.4, 0.5) is 0 Å². The molecule has 9 nitrogen and oxygen atoms in total. The molecule has 0 aromatic rings. The van der Waals surface area contributed by atoms with Gasteiger partial charge in [0.25, 0.3) is 0 Å². The average molecular weight is 495 g/mol. The number of rotatable bonds is 4. The first kappa shape index (κ1) is 25.3. The zero-order valence-corrected chi connectivity index (χ0v) is 20.6. The molecule has 0 unspecified atom stereocenters. The largest absolute Gasteiger partial charge is 0.454 e. The second kappa shape index (κ2) is 8.90. The lowest BCUT2D eigenvalue weighted by Gasteiger charge is -2.58. The first-order chi connectivity index (χ1) is 16.5. The van der Waals surface area contributed by atoms with E-state index in [1.165, 1.54) is 5.57 Å². The lowest BCUT2D eigenvalue weighted by atomic mass is 9.48. The average Bonchev–Trinajstić information content (AvgIpc) is 3.11. The van der Waals surface area contributed by atoms with Crippen LogP contribution in [0.5, 0.6) is 0 Å². The van der Waals surface area contributed by atoms with Gasteiger partial charge >= 0.3 is 5.97 Å². The molecule has 1 saturated carbocycles. The molecule has 9 heteroatoms. The lowest BCUT2D eigenvalue weighted by Crippen LogP contribution is -2.60. The van der Waals surface area contributed by atoms with Crippen molar-refractivity contribution in [1.29, 1.82) is 0 Å². The zero-order chi connectivity index (χ0) is 25.3. The standard InChI is InChI=1S/C26H38O9/c1-12-18-15(34-23(12)32)9-14-13(19(18)28)5-6-17-25(2,7-4-8-26(14,17)3)11-33-24-22(31)21(30)20(29)16(10-27)35-24/h15-17,19-22,24,27-31H,4-11H2,1-3H3/t15-,16-,17-,19-,20-,21+,22-,24-,25+,26+/m1/s1. The van der Waals surface area contributed by atoms with Crippen molar-refractivity contribution in [3.8, 4) is 0 Å². The van der Waals surface area contributed by atoms with Crippen molar-refractivity contribution in [2.75, 3.05) is 13.2 Å². The van der Waals surface area contributed by atoms with Crippen LogP contribution in [0.3, 0.4) is 0 Å². The minimum absolute atomic E-state index is 0.186. The van der Waals surface area contributed by atoms with Crippen molar-refractivity contribution >= 4 is 5.97 Å². The molecule has 10 atom stereocenters. The summed E-state index contributed by atoms with van der Waals surface area (Å²) in [5, 5.41) is 51.3. The number of fused-ring (bicyclic) bond motifs is 3. The van der Waals surface area contributed by atoms with E-state index in [0.717, 1.165) is 43.3 Å². The van der Waals surface area contributed by atoms with Crippen molar-refractivity contribution in [2.45, 2.75) is 102 Å². The van der Waals surface area contributed by atoms with Crippen molar-refractivity contribution in [3.63, 3.8) is 0 Å². The molecule has 0 spiro atoms. The Bertz CT molecular complexity index is 941. The molecule has 2 fully saturated rings. The normalized spacial score (nSPS) is 47.8. The highest BCUT2D eigenvalue weighted by Gasteiger charge is 2.56. The zero-order valence-electron chi connectivity index (χ0n) is 20.6. The third-order valence-corrected chi connectivity index (χ3v) is 9.61. The molecule has 35 heavy (non-hydrogen) atoms. The van der Waals surface area contributed by atoms with E-state index in [1.807, 2.05) is 0 Å². The van der Waals surface area contributed by atoms with E-state index in [9.17, 15) is 30.3 Å². The Morgan fingerprint density at radius 3 is 2.54 bits per heavy atom. The van der Waals surface area contributed by atoms with Crippen molar-refractivity contribution in [3.05, 3.63) is 22.3 Å². The van der Waals surface area contributed by atoms with Gasteiger partial charge in [0.1, 0.15) is 36.6 Å². The summed E-state index contributed by atoms with van der Waals surface area (Å²) in [5.41, 5.74) is 3.05. The minimum atomic E-state index is -1.47. The number of hydrogen-bond acceptors (Lipinski definition) is 9. The molecule has 3 aliphatic carbocycles. The topological polar surface area (TPSA) is 146 Å². The summed E-state index contributed by atoms with van der Waals surface area (Å²) in [6.07, 6.45) is -2.58. The molecule has 0 aromatic carbocycles. The van der Waals surface area contributed by atoms with Gasteiger partial charge in [0.15, 0.2) is 6.29 Å². The highest BCUT2D eigenvalue weighted by molar-refractivity contribution is 5.92. The Hall–Kier alpha value is -1.33. The third kappa shape index (κ3) is 3.82. The fourth-order valence-corrected chi connectivity index (χ4v) is 7.69. The maximum atomic E-state index is 12.2. The molecule has 0 aromatic heterocycles. The predicted octanol–water partition coefficient (Wildman–Crippen LogP) is 0.712. The number of hydrogen-bond donors (Lipinski definition) is 5. The first-order valence-electron chi connectivity index (χ1n) is 12.8.